The Morgan fingerprint density at radius 2 is 2.10 bits per heavy atom. The van der Waals surface area contributed by atoms with E-state index < -0.39 is 28.6 Å². The molecule has 0 N–H and O–H groups in total. The summed E-state index contributed by atoms with van der Waals surface area (Å²) in [5.41, 5.74) is 0.209. The summed E-state index contributed by atoms with van der Waals surface area (Å²) in [7, 11) is 0. The van der Waals surface area contributed by atoms with Gasteiger partial charge in [-0.3, -0.25) is 24.6 Å². The van der Waals surface area contributed by atoms with Crippen LogP contribution in [0.2, 0.25) is 0 Å². The second-order valence-electron chi connectivity index (χ2n) is 3.99. The van der Waals surface area contributed by atoms with Crippen molar-refractivity contribution in [3.63, 3.8) is 0 Å². The molecule has 1 aliphatic heterocycles. The number of non-ortho nitro benzene ring substituents is 1. The summed E-state index contributed by atoms with van der Waals surface area (Å²) in [6.45, 7) is -0.822. The van der Waals surface area contributed by atoms with Crippen LogP contribution in [0.4, 0.5) is 10.5 Å². The van der Waals surface area contributed by atoms with E-state index in [2.05, 4.69) is 0 Å². The number of benzene rings is 1. The fraction of sp³-hybridized carbons (Fsp3) is 0.0833. The van der Waals surface area contributed by atoms with Crippen LogP contribution in [-0.2, 0) is 9.59 Å². The molecule has 21 heavy (non-hydrogen) atoms. The molecule has 0 radical (unpaired) electrons. The number of carbonyl (C=O) groups is 3. The average Bonchev–Trinajstić information content (AvgIpc) is 2.66. The number of hydrogen-bond acceptors (Lipinski definition) is 7. The highest BCUT2D eigenvalue weighted by molar-refractivity contribution is 8.18. The molecule has 0 aliphatic carbocycles. The number of thioether (sulfide) groups is 1. The Bertz CT molecular complexity index is 684. The van der Waals surface area contributed by atoms with Crippen molar-refractivity contribution >= 4 is 40.6 Å². The van der Waals surface area contributed by atoms with Gasteiger partial charge in [-0.25, -0.2) is 0 Å². The molecule has 0 saturated carbocycles. The highest BCUT2D eigenvalue weighted by Crippen LogP contribution is 2.32. The summed E-state index contributed by atoms with van der Waals surface area (Å²) in [5, 5.41) is 20.4. The molecule has 2 amide bonds. The Labute approximate surface area is 122 Å². The van der Waals surface area contributed by atoms with Crippen molar-refractivity contribution < 1.29 is 24.4 Å². The third-order valence-electron chi connectivity index (χ3n) is 2.54. The van der Waals surface area contributed by atoms with Crippen LogP contribution in [0.1, 0.15) is 5.56 Å². The van der Waals surface area contributed by atoms with Crippen molar-refractivity contribution in [3.8, 4) is 0 Å². The maximum Gasteiger partial charge on any atom is 0.293 e. The fourth-order valence-corrected chi connectivity index (χ4v) is 2.48. The third kappa shape index (κ3) is 3.26. The molecule has 0 aromatic heterocycles. The van der Waals surface area contributed by atoms with E-state index in [-0.39, 0.29) is 10.6 Å². The number of carboxylic acid groups (broad SMARTS) is 1. The predicted molar refractivity (Wildman–Crippen MR) is 70.8 cm³/mol. The first-order valence-electron chi connectivity index (χ1n) is 5.58. The van der Waals surface area contributed by atoms with Crippen LogP contribution in [0, 0.1) is 10.1 Å². The van der Waals surface area contributed by atoms with Crippen LogP contribution in [0.3, 0.4) is 0 Å². The van der Waals surface area contributed by atoms with Crippen molar-refractivity contribution in [2.45, 2.75) is 0 Å². The largest absolute Gasteiger partial charge is 0.548 e. The van der Waals surface area contributed by atoms with Gasteiger partial charge in [0.15, 0.2) is 0 Å². The van der Waals surface area contributed by atoms with Gasteiger partial charge in [0.25, 0.3) is 16.8 Å². The Kier molecular flexibility index (Phi) is 4.03. The number of imide groups is 1. The highest BCUT2D eigenvalue weighted by atomic mass is 32.2. The average molecular weight is 307 g/mol. The summed E-state index contributed by atoms with van der Waals surface area (Å²) >= 11 is 0.570. The minimum absolute atomic E-state index is 0.00162. The van der Waals surface area contributed by atoms with E-state index in [9.17, 15) is 29.6 Å². The number of carbonyl (C=O) groups excluding carboxylic acids is 3. The highest BCUT2D eigenvalue weighted by Gasteiger charge is 2.34. The summed E-state index contributed by atoms with van der Waals surface area (Å²) in [6, 6.07) is 5.50. The van der Waals surface area contributed by atoms with Gasteiger partial charge in [0, 0.05) is 12.1 Å². The molecule has 1 heterocycles. The molecule has 0 spiro atoms. The molecule has 2 rings (SSSR count). The minimum atomic E-state index is -1.55. The second kappa shape index (κ2) is 5.75. The number of rotatable bonds is 4. The zero-order chi connectivity index (χ0) is 15.6. The molecule has 1 aromatic rings. The molecule has 0 unspecified atom stereocenters. The van der Waals surface area contributed by atoms with Crippen LogP contribution in [0.5, 0.6) is 0 Å². The Balaban J connectivity index is 2.28. The normalized spacial score (nSPS) is 16.6. The van der Waals surface area contributed by atoms with Gasteiger partial charge in [0.2, 0.25) is 0 Å². The predicted octanol–water partition coefficient (Wildman–Crippen LogP) is 0.381. The van der Waals surface area contributed by atoms with Crippen molar-refractivity contribution in [2.24, 2.45) is 0 Å². The Morgan fingerprint density at radius 3 is 2.71 bits per heavy atom. The summed E-state index contributed by atoms with van der Waals surface area (Å²) < 4.78 is 0. The van der Waals surface area contributed by atoms with Gasteiger partial charge in [0.05, 0.1) is 22.3 Å². The zero-order valence-corrected chi connectivity index (χ0v) is 11.2. The molecular weight excluding hydrogens is 300 g/mol. The number of aliphatic carboxylic acids is 1. The first-order chi connectivity index (χ1) is 9.88. The van der Waals surface area contributed by atoms with Gasteiger partial charge in [-0.1, -0.05) is 12.1 Å². The lowest BCUT2D eigenvalue weighted by Crippen LogP contribution is -2.40. The quantitative estimate of drug-likeness (QED) is 0.448. The molecule has 1 saturated heterocycles. The monoisotopic (exact) mass is 307 g/mol. The van der Waals surface area contributed by atoms with E-state index in [0.29, 0.717) is 22.2 Å². The maximum absolute atomic E-state index is 11.9. The lowest BCUT2D eigenvalue weighted by atomic mass is 10.2. The van der Waals surface area contributed by atoms with Gasteiger partial charge < -0.3 is 9.90 Å². The van der Waals surface area contributed by atoms with E-state index in [1.54, 1.807) is 0 Å². The second-order valence-corrected chi connectivity index (χ2v) is 4.99. The number of carboxylic acids is 1. The van der Waals surface area contributed by atoms with Crippen LogP contribution >= 0.6 is 11.8 Å². The van der Waals surface area contributed by atoms with Gasteiger partial charge >= 0.3 is 0 Å². The van der Waals surface area contributed by atoms with Crippen molar-refractivity contribution in [1.29, 1.82) is 0 Å². The van der Waals surface area contributed by atoms with E-state index >= 15 is 0 Å². The SMILES string of the molecule is O=C([O-])CN1C(=O)S/C(=C\c2cccc([N+](=O)[O-])c2)C1=O. The molecule has 0 atom stereocenters. The summed E-state index contributed by atoms with van der Waals surface area (Å²) in [4.78, 5) is 44.5. The van der Waals surface area contributed by atoms with Crippen LogP contribution in [0.15, 0.2) is 29.2 Å². The van der Waals surface area contributed by atoms with Gasteiger partial charge in [-0.15, -0.1) is 0 Å². The Hall–Kier alpha value is -2.68. The topological polar surface area (TPSA) is 121 Å². The van der Waals surface area contributed by atoms with Gasteiger partial charge in [-0.2, -0.15) is 0 Å². The smallest absolute Gasteiger partial charge is 0.293 e. The number of nitrogens with zero attached hydrogens (tertiary/aromatic N) is 2. The molecule has 1 fully saturated rings. The molecule has 9 heteroatoms. The lowest BCUT2D eigenvalue weighted by molar-refractivity contribution is -0.384. The van der Waals surface area contributed by atoms with Gasteiger partial charge in [0.1, 0.15) is 0 Å². The number of nitro groups is 1. The van der Waals surface area contributed by atoms with E-state index in [1.165, 1.54) is 30.3 Å². The van der Waals surface area contributed by atoms with Crippen LogP contribution in [-0.4, -0.2) is 33.5 Å². The zero-order valence-electron chi connectivity index (χ0n) is 10.3. The van der Waals surface area contributed by atoms with E-state index in [4.69, 9.17) is 0 Å². The molecule has 1 aliphatic rings. The molecular formula is C12H7N2O6S-. The van der Waals surface area contributed by atoms with Gasteiger partial charge in [-0.05, 0) is 23.4 Å². The van der Waals surface area contributed by atoms with Crippen molar-refractivity contribution in [1.82, 2.24) is 4.90 Å². The van der Waals surface area contributed by atoms with E-state index in [0.717, 1.165) is 0 Å². The van der Waals surface area contributed by atoms with Crippen molar-refractivity contribution in [2.75, 3.05) is 6.54 Å². The molecule has 108 valence electrons. The molecule has 0 bridgehead atoms. The summed E-state index contributed by atoms with van der Waals surface area (Å²) in [6.07, 6.45) is 1.30. The van der Waals surface area contributed by atoms with Crippen LogP contribution in [0.25, 0.3) is 6.08 Å². The first-order valence-corrected chi connectivity index (χ1v) is 6.40. The third-order valence-corrected chi connectivity index (χ3v) is 3.45. The first kappa shape index (κ1) is 14.7. The standard InChI is InChI=1S/C12H8N2O6S/c15-10(16)6-13-11(17)9(21-12(13)18)5-7-2-1-3-8(4-7)14(19)20/h1-5H,6H2,(H,15,16)/p-1/b9-5-. The van der Waals surface area contributed by atoms with Crippen LogP contribution < -0.4 is 5.11 Å². The lowest BCUT2D eigenvalue weighted by Gasteiger charge is -2.12. The minimum Gasteiger partial charge on any atom is -0.548 e. The number of hydrogen-bond donors (Lipinski definition) is 0. The van der Waals surface area contributed by atoms with E-state index in [1.807, 2.05) is 0 Å². The number of nitro benzene ring substituents is 1. The Morgan fingerprint density at radius 1 is 1.38 bits per heavy atom. The number of amides is 2. The maximum atomic E-state index is 11.9. The van der Waals surface area contributed by atoms with Crippen molar-refractivity contribution in [3.05, 3.63) is 44.8 Å². The summed E-state index contributed by atoms with van der Waals surface area (Å²) in [5.74, 6) is -2.31. The fourth-order valence-electron chi connectivity index (χ4n) is 1.64. The molecule has 1 aromatic carbocycles. The molecule has 8 nitrogen and oxygen atoms in total.